The van der Waals surface area contributed by atoms with Gasteiger partial charge in [-0.3, -0.25) is 4.55 Å². The van der Waals surface area contributed by atoms with E-state index in [2.05, 4.69) is 19.2 Å². The molecule has 2 aromatic carbocycles. The molecule has 7 nitrogen and oxygen atoms in total. The quantitative estimate of drug-likeness (QED) is 0.335. The lowest BCUT2D eigenvalue weighted by atomic mass is 10.2. The van der Waals surface area contributed by atoms with E-state index >= 15 is 0 Å². The lowest BCUT2D eigenvalue weighted by molar-refractivity contribution is -0.179. The van der Waals surface area contributed by atoms with Crippen LogP contribution in [0, 0.1) is 0 Å². The van der Waals surface area contributed by atoms with Crippen LogP contribution < -0.4 is 0 Å². The van der Waals surface area contributed by atoms with E-state index in [-0.39, 0.29) is 0 Å². The highest BCUT2D eigenvalue weighted by atomic mass is 32.3. The zero-order chi connectivity index (χ0) is 15.3. The van der Waals surface area contributed by atoms with Crippen molar-refractivity contribution in [2.24, 2.45) is 0 Å². The molecule has 0 unspecified atom stereocenters. The molecule has 0 fully saturated rings. The van der Waals surface area contributed by atoms with Gasteiger partial charge in [0.1, 0.15) is 0 Å². The van der Waals surface area contributed by atoms with Crippen molar-refractivity contribution in [1.29, 1.82) is 0 Å². The molecule has 0 radical (unpaired) electrons. The third-order valence-corrected chi connectivity index (χ3v) is 2.71. The molecule has 0 amide bonds. The molecule has 1 heterocycles. The Hall–Kier alpha value is -2.13. The molecular weight excluding hydrogens is 296 g/mol. The summed E-state index contributed by atoms with van der Waals surface area (Å²) in [4.78, 5) is 12.6. The van der Waals surface area contributed by atoms with Gasteiger partial charge >= 0.3 is 10.4 Å². The van der Waals surface area contributed by atoms with Crippen molar-refractivity contribution in [3.05, 3.63) is 48.5 Å². The van der Waals surface area contributed by atoms with Gasteiger partial charge in [0.05, 0.1) is 29.2 Å². The fraction of sp³-hybridized carbons (Fsp3) is 0.0769. The maximum absolute atomic E-state index is 9.44. The largest absolute Gasteiger partial charge is 0.424 e. The minimum atomic E-state index is -4.40. The average molecular weight is 308 g/mol. The van der Waals surface area contributed by atoms with Gasteiger partial charge in [-0.15, -0.1) is 0 Å². The molecule has 0 spiro atoms. The van der Waals surface area contributed by atoms with Gasteiger partial charge in [0.25, 0.3) is 0 Å². The predicted molar refractivity (Wildman–Crippen MR) is 76.7 cm³/mol. The lowest BCUT2D eigenvalue weighted by Gasteiger charge is -1.98. The van der Waals surface area contributed by atoms with Crippen LogP contribution in [0.15, 0.2) is 48.5 Å². The third kappa shape index (κ3) is 4.43. The van der Waals surface area contributed by atoms with E-state index in [4.69, 9.17) is 4.55 Å². The molecule has 1 N–H and O–H groups in total. The molecule has 0 aliphatic rings. The molecule has 110 valence electrons. The maximum Gasteiger partial charge on any atom is 0.424 e. The Morgan fingerprint density at radius 2 is 1.19 bits per heavy atom. The van der Waals surface area contributed by atoms with Crippen LogP contribution in [-0.4, -0.2) is 30.0 Å². The molecule has 0 bridgehead atoms. The average Bonchev–Trinajstić information content (AvgIpc) is 2.44. The summed E-state index contributed by atoms with van der Waals surface area (Å²) in [6.07, 6.45) is 0. The monoisotopic (exact) mass is 308 g/mol. The number of fused-ring (bicyclic) bond motifs is 2. The van der Waals surface area contributed by atoms with E-state index in [1.54, 1.807) is 0 Å². The van der Waals surface area contributed by atoms with Crippen molar-refractivity contribution in [2.75, 3.05) is 7.11 Å². The summed E-state index contributed by atoms with van der Waals surface area (Å²) in [6, 6.07) is 15.8. The number of hydrogen-bond acceptors (Lipinski definition) is 6. The van der Waals surface area contributed by atoms with E-state index < -0.39 is 10.4 Å². The predicted octanol–water partition coefficient (Wildman–Crippen LogP) is 2.15. The summed E-state index contributed by atoms with van der Waals surface area (Å²) in [5.74, 6) is 0. The number of nitrogens with zero attached hydrogens (tertiary/aromatic N) is 2. The van der Waals surface area contributed by atoms with Crippen molar-refractivity contribution >= 4 is 32.5 Å². The fourth-order valence-corrected chi connectivity index (χ4v) is 1.82. The number of benzene rings is 2. The Morgan fingerprint density at radius 3 is 1.38 bits per heavy atom. The Morgan fingerprint density at radius 1 is 0.857 bits per heavy atom. The van der Waals surface area contributed by atoms with E-state index in [0.29, 0.717) is 0 Å². The van der Waals surface area contributed by atoms with E-state index in [0.717, 1.165) is 29.2 Å². The second-order valence-corrected chi connectivity index (χ2v) is 4.86. The smallest absolute Gasteiger partial charge is 0.262 e. The molecule has 1 aromatic heterocycles. The lowest BCUT2D eigenvalue weighted by Crippen LogP contribution is -2.00. The normalized spacial score (nSPS) is 11.1. The Balaban J connectivity index is 0.000000199. The van der Waals surface area contributed by atoms with E-state index in [1.807, 2.05) is 48.5 Å². The standard InChI is InChI=1S/C12H8N2.CH4O5S/c1-2-6-10-9(5-1)13-11-7-3-4-8-12(11)14-10;1-5-6-7(2,3)4/h1-8H;1H3,(H,2,3,4). The van der Waals surface area contributed by atoms with Crippen LogP contribution in [0.2, 0.25) is 0 Å². The molecule has 21 heavy (non-hydrogen) atoms. The summed E-state index contributed by atoms with van der Waals surface area (Å²) in [6.45, 7) is 0. The molecule has 3 rings (SSSR count). The third-order valence-electron chi connectivity index (χ3n) is 2.40. The Kier molecular flexibility index (Phi) is 4.76. The van der Waals surface area contributed by atoms with Crippen LogP contribution in [0.25, 0.3) is 22.1 Å². The summed E-state index contributed by atoms with van der Waals surface area (Å²) >= 11 is 0. The van der Waals surface area contributed by atoms with Crippen molar-refractivity contribution in [1.82, 2.24) is 9.97 Å². The first-order valence-electron chi connectivity index (χ1n) is 5.81. The molecule has 0 aliphatic carbocycles. The van der Waals surface area contributed by atoms with E-state index in [1.165, 1.54) is 0 Å². The molecular formula is C13H12N2O5S. The minimum Gasteiger partial charge on any atom is -0.262 e. The highest BCUT2D eigenvalue weighted by Gasteiger charge is 2.00. The van der Waals surface area contributed by atoms with Crippen LogP contribution in [-0.2, 0) is 19.6 Å². The van der Waals surface area contributed by atoms with Crippen LogP contribution in [0.5, 0.6) is 0 Å². The molecule has 0 saturated carbocycles. The first kappa shape index (κ1) is 15.3. The van der Waals surface area contributed by atoms with E-state index in [9.17, 15) is 8.42 Å². The zero-order valence-corrected chi connectivity index (χ0v) is 11.8. The topological polar surface area (TPSA) is 98.6 Å². The van der Waals surface area contributed by atoms with Crippen molar-refractivity contribution in [2.45, 2.75) is 0 Å². The first-order chi connectivity index (χ1) is 9.99. The van der Waals surface area contributed by atoms with Crippen LogP contribution in [0.1, 0.15) is 0 Å². The Bertz CT molecular complexity index is 746. The second kappa shape index (κ2) is 6.55. The van der Waals surface area contributed by atoms with Gasteiger partial charge in [0.15, 0.2) is 0 Å². The van der Waals surface area contributed by atoms with Gasteiger partial charge in [-0.1, -0.05) is 28.6 Å². The van der Waals surface area contributed by atoms with Gasteiger partial charge in [-0.2, -0.15) is 8.42 Å². The van der Waals surface area contributed by atoms with Crippen molar-refractivity contribution < 1.29 is 22.2 Å². The van der Waals surface area contributed by atoms with Crippen LogP contribution in [0.3, 0.4) is 0 Å². The summed E-state index contributed by atoms with van der Waals surface area (Å²) in [7, 11) is -3.43. The second-order valence-electron chi connectivity index (χ2n) is 3.86. The number of hydrogen-bond donors (Lipinski definition) is 1. The number of aromatic nitrogens is 2. The summed E-state index contributed by atoms with van der Waals surface area (Å²) < 4.78 is 29.8. The molecule has 0 saturated heterocycles. The van der Waals surface area contributed by atoms with Crippen LogP contribution >= 0.6 is 0 Å². The minimum absolute atomic E-state index is 0.950. The van der Waals surface area contributed by atoms with Gasteiger partial charge in [0.2, 0.25) is 0 Å². The Labute approximate surface area is 121 Å². The molecule has 0 aliphatic heterocycles. The highest BCUT2D eigenvalue weighted by Crippen LogP contribution is 2.14. The number of rotatable bonds is 2. The van der Waals surface area contributed by atoms with Gasteiger partial charge in [0, 0.05) is 0 Å². The molecule has 3 aromatic rings. The first-order valence-corrected chi connectivity index (χ1v) is 7.17. The van der Waals surface area contributed by atoms with Crippen molar-refractivity contribution in [3.63, 3.8) is 0 Å². The van der Waals surface area contributed by atoms with Gasteiger partial charge < -0.3 is 0 Å². The maximum atomic E-state index is 9.44. The highest BCUT2D eigenvalue weighted by molar-refractivity contribution is 7.80. The van der Waals surface area contributed by atoms with Gasteiger partial charge in [-0.05, 0) is 24.3 Å². The van der Waals surface area contributed by atoms with Crippen molar-refractivity contribution in [3.8, 4) is 0 Å². The summed E-state index contributed by atoms with van der Waals surface area (Å²) in [5, 5.41) is 0. The summed E-state index contributed by atoms with van der Waals surface area (Å²) in [5.41, 5.74) is 3.80. The van der Waals surface area contributed by atoms with Gasteiger partial charge in [-0.25, -0.2) is 14.9 Å². The fourth-order valence-electron chi connectivity index (χ4n) is 1.65. The van der Waals surface area contributed by atoms with Crippen LogP contribution in [0.4, 0.5) is 0 Å². The SMILES string of the molecule is COOS(=O)(=O)O.c1ccc2nc3ccccc3nc2c1. The molecule has 8 heteroatoms. The number of para-hydroxylation sites is 4. The molecule has 0 atom stereocenters. The zero-order valence-electron chi connectivity index (χ0n) is 11.0.